The third kappa shape index (κ3) is 2.81. The predicted octanol–water partition coefficient (Wildman–Crippen LogP) is -0.561. The number of nitrogen functional groups attached to an aromatic ring is 4. The van der Waals surface area contributed by atoms with Gasteiger partial charge in [0, 0.05) is 0 Å². The smallest absolute Gasteiger partial charge is 0.235 e. The highest BCUT2D eigenvalue weighted by Gasteiger charge is 2.31. The number of hydrazine groups is 4. The van der Waals surface area contributed by atoms with Crippen LogP contribution in [0.5, 0.6) is 28.7 Å². The van der Waals surface area contributed by atoms with Crippen LogP contribution in [0.4, 0.5) is 22.7 Å². The lowest BCUT2D eigenvalue weighted by atomic mass is 10.0. The minimum Gasteiger partial charge on any atom is -0.504 e. The lowest BCUT2D eigenvalue weighted by molar-refractivity contribution is 0.370. The Hall–Kier alpha value is -4.31. The molecule has 0 bridgehead atoms. The Bertz CT molecular complexity index is 1240. The zero-order valence-corrected chi connectivity index (χ0v) is 15.9. The maximum Gasteiger partial charge on any atom is 0.235 e. The zero-order valence-electron chi connectivity index (χ0n) is 15.9. The molecule has 15 nitrogen and oxygen atoms in total. The van der Waals surface area contributed by atoms with Gasteiger partial charge in [0.1, 0.15) is 17.1 Å². The number of phenolic OH excluding ortho intramolecular Hbond substituents is 4. The first-order valence-corrected chi connectivity index (χ1v) is 8.39. The minimum atomic E-state index is -0.997. The normalized spacial score (nSPS) is 10.9. The predicted molar refractivity (Wildman–Crippen MR) is 112 cm³/mol. The summed E-state index contributed by atoms with van der Waals surface area (Å²) in [6.07, 6.45) is 0. The molecule has 0 radical (unpaired) electrons. The van der Waals surface area contributed by atoms with Gasteiger partial charge in [-0.2, -0.15) is 0 Å². The Morgan fingerprint density at radius 3 is 1.61 bits per heavy atom. The molecular weight excluding hydrogens is 416 g/mol. The lowest BCUT2D eigenvalue weighted by Crippen LogP contribution is -2.16. The monoisotopic (exact) mass is 436 g/mol. The molecule has 0 unspecified atom stereocenters. The van der Waals surface area contributed by atoms with Crippen LogP contribution in [0.25, 0.3) is 22.3 Å². The third-order valence-electron chi connectivity index (χ3n) is 4.77. The maximum absolute atomic E-state index is 13.0. The van der Waals surface area contributed by atoms with Crippen molar-refractivity contribution in [3.8, 4) is 40.1 Å². The molecule has 1 heterocycles. The molecule has 166 valence electrons. The van der Waals surface area contributed by atoms with Crippen molar-refractivity contribution in [1.29, 1.82) is 0 Å². The van der Waals surface area contributed by atoms with Crippen LogP contribution in [0.1, 0.15) is 5.56 Å². The average molecular weight is 436 g/mol. The molecule has 1 aromatic heterocycles. The van der Waals surface area contributed by atoms with Gasteiger partial charge in [-0.05, 0) is 12.5 Å². The summed E-state index contributed by atoms with van der Waals surface area (Å²) in [7, 11) is 0. The summed E-state index contributed by atoms with van der Waals surface area (Å²) in [4.78, 5) is 13.0. The van der Waals surface area contributed by atoms with Crippen molar-refractivity contribution in [2.75, 3.05) is 21.7 Å². The van der Waals surface area contributed by atoms with E-state index in [1.54, 1.807) is 0 Å². The Morgan fingerprint density at radius 1 is 0.677 bits per heavy atom. The van der Waals surface area contributed by atoms with E-state index >= 15 is 0 Å². The molecule has 3 aromatic rings. The molecule has 0 aliphatic carbocycles. The molecule has 3 rings (SSSR count). The second-order valence-corrected chi connectivity index (χ2v) is 6.28. The van der Waals surface area contributed by atoms with E-state index < -0.39 is 56.9 Å². The Balaban J connectivity index is 2.61. The van der Waals surface area contributed by atoms with Crippen LogP contribution in [-0.2, 0) is 0 Å². The molecule has 0 saturated heterocycles. The molecular formula is C16H20N8O7. The van der Waals surface area contributed by atoms with Crippen LogP contribution in [0, 0.1) is 6.92 Å². The van der Waals surface area contributed by atoms with E-state index in [2.05, 4.69) is 21.7 Å². The van der Waals surface area contributed by atoms with Crippen LogP contribution >= 0.6 is 0 Å². The van der Waals surface area contributed by atoms with E-state index in [-0.39, 0.29) is 27.9 Å². The first-order chi connectivity index (χ1) is 14.7. The molecule has 0 saturated carbocycles. The number of anilines is 4. The molecule has 0 fully saturated rings. The number of fused-ring (bicyclic) bond motifs is 1. The summed E-state index contributed by atoms with van der Waals surface area (Å²) in [5, 5.41) is 51.1. The topological polar surface area (TPSA) is 284 Å². The van der Waals surface area contributed by atoms with Crippen LogP contribution in [0.2, 0.25) is 0 Å². The zero-order chi connectivity index (χ0) is 23.2. The molecule has 0 atom stereocenters. The van der Waals surface area contributed by atoms with Gasteiger partial charge in [-0.3, -0.25) is 28.2 Å². The molecule has 15 heteroatoms. The fourth-order valence-electron chi connectivity index (χ4n) is 3.28. The summed E-state index contributed by atoms with van der Waals surface area (Å²) >= 11 is 0. The van der Waals surface area contributed by atoms with E-state index in [9.17, 15) is 30.3 Å². The van der Waals surface area contributed by atoms with Crippen molar-refractivity contribution in [3.63, 3.8) is 0 Å². The molecule has 0 aliphatic rings. The second kappa shape index (κ2) is 7.50. The molecule has 2 aromatic carbocycles. The first kappa shape index (κ1) is 21.4. The van der Waals surface area contributed by atoms with E-state index in [4.69, 9.17) is 27.8 Å². The number of nitrogens with two attached hydrogens (primary N) is 4. The summed E-state index contributed by atoms with van der Waals surface area (Å²) in [5.41, 5.74) is 5.66. The van der Waals surface area contributed by atoms with E-state index in [1.165, 1.54) is 6.92 Å². The van der Waals surface area contributed by atoms with Crippen LogP contribution in [0.15, 0.2) is 9.21 Å². The van der Waals surface area contributed by atoms with Gasteiger partial charge in [0.05, 0.1) is 16.6 Å². The molecule has 17 N–H and O–H groups in total. The van der Waals surface area contributed by atoms with Gasteiger partial charge in [0.25, 0.3) is 0 Å². The Labute approximate surface area is 172 Å². The van der Waals surface area contributed by atoms with E-state index in [1.807, 2.05) is 0 Å². The van der Waals surface area contributed by atoms with Crippen LogP contribution < -0.4 is 50.5 Å². The largest absolute Gasteiger partial charge is 0.504 e. The fraction of sp³-hybridized carbons (Fsp3) is 0.0625. The number of hydrogen-bond donors (Lipinski definition) is 13. The Morgan fingerprint density at radius 2 is 1.16 bits per heavy atom. The Kier molecular flexibility index (Phi) is 5.18. The molecule has 0 spiro atoms. The quantitative estimate of drug-likeness (QED) is 0.103. The first-order valence-electron chi connectivity index (χ1n) is 8.39. The summed E-state index contributed by atoms with van der Waals surface area (Å²) in [6.45, 7) is 1.42. The lowest BCUT2D eigenvalue weighted by Gasteiger charge is -2.20. The highest BCUT2D eigenvalue weighted by molar-refractivity contribution is 6.03. The summed E-state index contributed by atoms with van der Waals surface area (Å²) in [6, 6.07) is 0. The standard InChI is InChI=1S/C16H20N8O7/c1-2-3-9(25)14(30)16(31-15(3)8(24-20)10(26)5(2)21-17)4-6(22-18)11(27)13(29)12(28)7(4)23-19/h21-24,26-30H,17-20H2,1H3. The van der Waals surface area contributed by atoms with Crippen LogP contribution in [0.3, 0.4) is 0 Å². The minimum absolute atomic E-state index is 0.0616. The number of phenols is 4. The number of aryl methyl sites for hydroxylation is 1. The highest BCUT2D eigenvalue weighted by atomic mass is 16.4. The van der Waals surface area contributed by atoms with Gasteiger partial charge < -0.3 is 51.7 Å². The molecule has 0 aliphatic heterocycles. The SMILES string of the molecule is Cc1c(NN)c(O)c(NN)c2oc(-c3c(NN)c(O)c(O)c(O)c3NN)c(O)c(=O)c12. The highest BCUT2D eigenvalue weighted by Crippen LogP contribution is 2.54. The number of aromatic hydroxyl groups is 5. The van der Waals surface area contributed by atoms with Gasteiger partial charge in [0.2, 0.25) is 16.9 Å². The van der Waals surface area contributed by atoms with E-state index in [0.717, 1.165) is 0 Å². The van der Waals surface area contributed by atoms with Crippen molar-refractivity contribution in [2.24, 2.45) is 23.4 Å². The van der Waals surface area contributed by atoms with Crippen molar-refractivity contribution in [2.45, 2.75) is 6.92 Å². The van der Waals surface area contributed by atoms with Crippen molar-refractivity contribution in [1.82, 2.24) is 0 Å². The van der Waals surface area contributed by atoms with Crippen LogP contribution in [-0.4, -0.2) is 25.5 Å². The fourth-order valence-corrected chi connectivity index (χ4v) is 3.28. The number of hydrogen-bond acceptors (Lipinski definition) is 15. The van der Waals surface area contributed by atoms with Crippen molar-refractivity contribution < 1.29 is 29.9 Å². The van der Waals surface area contributed by atoms with Crippen molar-refractivity contribution in [3.05, 3.63) is 15.8 Å². The van der Waals surface area contributed by atoms with Gasteiger partial charge >= 0.3 is 0 Å². The molecule has 31 heavy (non-hydrogen) atoms. The maximum atomic E-state index is 13.0. The average Bonchev–Trinajstić information content (AvgIpc) is 2.74. The number of rotatable bonds is 5. The number of benzene rings is 2. The van der Waals surface area contributed by atoms with Gasteiger partial charge in [-0.25, -0.2) is 0 Å². The van der Waals surface area contributed by atoms with Gasteiger partial charge in [-0.15, -0.1) is 0 Å². The van der Waals surface area contributed by atoms with Gasteiger partial charge in [-0.1, -0.05) is 0 Å². The summed E-state index contributed by atoms with van der Waals surface area (Å²) < 4.78 is 5.66. The van der Waals surface area contributed by atoms with E-state index in [0.29, 0.717) is 0 Å². The summed E-state index contributed by atoms with van der Waals surface area (Å²) in [5.74, 6) is 16.7. The van der Waals surface area contributed by atoms with Gasteiger partial charge in [0.15, 0.2) is 28.6 Å². The number of nitrogens with one attached hydrogen (secondary N) is 4. The van der Waals surface area contributed by atoms with Crippen molar-refractivity contribution >= 4 is 33.7 Å². The second-order valence-electron chi connectivity index (χ2n) is 6.28. The molecule has 0 amide bonds. The third-order valence-corrected chi connectivity index (χ3v) is 4.77.